The monoisotopic (exact) mass is 152 g/mol. The summed E-state index contributed by atoms with van der Waals surface area (Å²) in [6.07, 6.45) is 6.84. The van der Waals surface area contributed by atoms with Crippen LogP contribution in [0.1, 0.15) is 26.7 Å². The molecule has 0 radical (unpaired) electrons. The molecule has 0 aromatic rings. The van der Waals surface area contributed by atoms with E-state index in [1.807, 2.05) is 19.1 Å². The summed E-state index contributed by atoms with van der Waals surface area (Å²) < 4.78 is 0. The van der Waals surface area contributed by atoms with Gasteiger partial charge in [0.15, 0.2) is 0 Å². The quantitative estimate of drug-likeness (QED) is 0.336. The minimum atomic E-state index is 0.547. The van der Waals surface area contributed by atoms with Crippen LogP contribution in [-0.2, 0) is 4.79 Å². The van der Waals surface area contributed by atoms with E-state index in [0.717, 1.165) is 24.7 Å². The van der Waals surface area contributed by atoms with E-state index in [-0.39, 0.29) is 0 Å². The summed E-state index contributed by atoms with van der Waals surface area (Å²) in [6.45, 7) is 7.64. The molecule has 0 N–H and O–H groups in total. The van der Waals surface area contributed by atoms with E-state index in [1.54, 1.807) is 0 Å². The molecule has 1 heteroatoms. The van der Waals surface area contributed by atoms with E-state index < -0.39 is 0 Å². The van der Waals surface area contributed by atoms with Gasteiger partial charge in [0.25, 0.3) is 0 Å². The second kappa shape index (κ2) is 5.90. The molecule has 1 nitrogen and oxygen atoms in total. The van der Waals surface area contributed by atoms with Crippen molar-refractivity contribution in [2.75, 3.05) is 0 Å². The van der Waals surface area contributed by atoms with Crippen LogP contribution in [0.25, 0.3) is 0 Å². The molecule has 1 atom stereocenters. The van der Waals surface area contributed by atoms with Gasteiger partial charge in [-0.1, -0.05) is 19.1 Å². The Balaban J connectivity index is 3.55. The first kappa shape index (κ1) is 10.2. The second-order valence-electron chi connectivity index (χ2n) is 2.86. The van der Waals surface area contributed by atoms with Gasteiger partial charge < -0.3 is 0 Å². The lowest BCUT2D eigenvalue weighted by molar-refractivity contribution is -0.104. The molecule has 0 aromatic carbocycles. The Bertz CT molecular complexity index is 156. The fraction of sp³-hybridized carbons (Fsp3) is 0.500. The van der Waals surface area contributed by atoms with Crippen LogP contribution >= 0.6 is 0 Å². The number of rotatable bonds is 5. The second-order valence-corrected chi connectivity index (χ2v) is 2.86. The maximum atomic E-state index is 10.2. The van der Waals surface area contributed by atoms with Crippen LogP contribution in [0.3, 0.4) is 0 Å². The maximum Gasteiger partial charge on any atom is 0.145 e. The summed E-state index contributed by atoms with van der Waals surface area (Å²) in [6, 6.07) is 0. The highest BCUT2D eigenvalue weighted by atomic mass is 16.1. The van der Waals surface area contributed by atoms with Crippen LogP contribution in [0.2, 0.25) is 0 Å². The maximum absolute atomic E-state index is 10.2. The Labute approximate surface area is 68.8 Å². The van der Waals surface area contributed by atoms with Crippen molar-refractivity contribution in [2.24, 2.45) is 5.92 Å². The smallest absolute Gasteiger partial charge is 0.145 e. The molecule has 0 fully saturated rings. The van der Waals surface area contributed by atoms with Gasteiger partial charge in [0.1, 0.15) is 6.29 Å². The molecular weight excluding hydrogens is 136 g/mol. The van der Waals surface area contributed by atoms with Gasteiger partial charge in [-0.25, -0.2) is 0 Å². The predicted molar refractivity (Wildman–Crippen MR) is 48.4 cm³/mol. The molecule has 0 aliphatic heterocycles. The summed E-state index contributed by atoms with van der Waals surface area (Å²) in [5, 5.41) is 0. The van der Waals surface area contributed by atoms with Crippen LogP contribution in [0.4, 0.5) is 0 Å². The van der Waals surface area contributed by atoms with E-state index in [0.29, 0.717) is 5.92 Å². The molecule has 0 saturated carbocycles. The van der Waals surface area contributed by atoms with E-state index in [9.17, 15) is 4.79 Å². The molecule has 0 bridgehead atoms. The fourth-order valence-corrected chi connectivity index (χ4v) is 0.740. The van der Waals surface area contributed by atoms with Crippen LogP contribution in [0.5, 0.6) is 0 Å². The zero-order valence-corrected chi connectivity index (χ0v) is 7.34. The van der Waals surface area contributed by atoms with Gasteiger partial charge in [-0.2, -0.15) is 0 Å². The minimum Gasteiger partial charge on any atom is -0.298 e. The topological polar surface area (TPSA) is 17.1 Å². The van der Waals surface area contributed by atoms with Crippen molar-refractivity contribution in [3.8, 4) is 0 Å². The summed E-state index contributed by atoms with van der Waals surface area (Å²) in [4.78, 5) is 10.2. The number of allylic oxidation sites excluding steroid dienone is 3. The van der Waals surface area contributed by atoms with Gasteiger partial charge in [0.2, 0.25) is 0 Å². The summed E-state index contributed by atoms with van der Waals surface area (Å²) in [5.41, 5.74) is 0.821. The van der Waals surface area contributed by atoms with Gasteiger partial charge >= 0.3 is 0 Å². The molecule has 0 aromatic heterocycles. The largest absolute Gasteiger partial charge is 0.298 e. The first-order valence-electron chi connectivity index (χ1n) is 3.95. The third kappa shape index (κ3) is 5.59. The number of hydrogen-bond donors (Lipinski definition) is 0. The Hall–Kier alpha value is -0.850. The molecule has 62 valence electrons. The lowest BCUT2D eigenvalue weighted by Crippen LogP contribution is -1.87. The minimum absolute atomic E-state index is 0.547. The van der Waals surface area contributed by atoms with Crippen molar-refractivity contribution >= 4 is 6.29 Å². The summed E-state index contributed by atoms with van der Waals surface area (Å²) in [5.74, 6) is 0.547. The third-order valence-corrected chi connectivity index (χ3v) is 1.68. The average molecular weight is 152 g/mol. The van der Waals surface area contributed by atoms with Gasteiger partial charge in [-0.05, 0) is 31.3 Å². The van der Waals surface area contributed by atoms with Crippen molar-refractivity contribution in [3.05, 3.63) is 24.3 Å². The van der Waals surface area contributed by atoms with Crippen LogP contribution in [-0.4, -0.2) is 6.29 Å². The number of aldehydes is 1. The van der Waals surface area contributed by atoms with Crippen molar-refractivity contribution in [3.63, 3.8) is 0 Å². The number of hydrogen-bond acceptors (Lipinski definition) is 1. The first-order valence-corrected chi connectivity index (χ1v) is 3.95. The van der Waals surface area contributed by atoms with E-state index in [2.05, 4.69) is 13.5 Å². The lowest BCUT2D eigenvalue weighted by Gasteiger charge is -2.00. The lowest BCUT2D eigenvalue weighted by atomic mass is 10.1. The van der Waals surface area contributed by atoms with Crippen LogP contribution < -0.4 is 0 Å². The Morgan fingerprint density at radius 2 is 2.27 bits per heavy atom. The molecule has 0 rings (SSSR count). The van der Waals surface area contributed by atoms with Crippen LogP contribution in [0, 0.1) is 5.92 Å². The molecule has 0 saturated heterocycles. The molecule has 0 aliphatic rings. The van der Waals surface area contributed by atoms with Crippen molar-refractivity contribution in [1.29, 1.82) is 0 Å². The highest BCUT2D eigenvalue weighted by molar-refractivity contribution is 5.71. The molecule has 0 aliphatic carbocycles. The Morgan fingerprint density at radius 3 is 2.73 bits per heavy atom. The number of carbonyl (C=O) groups is 1. The van der Waals surface area contributed by atoms with E-state index in [1.165, 1.54) is 0 Å². The van der Waals surface area contributed by atoms with Crippen molar-refractivity contribution in [2.45, 2.75) is 26.7 Å². The molecule has 0 heterocycles. The van der Waals surface area contributed by atoms with Crippen LogP contribution in [0.15, 0.2) is 24.3 Å². The zero-order chi connectivity index (χ0) is 8.69. The fourth-order valence-electron chi connectivity index (χ4n) is 0.740. The van der Waals surface area contributed by atoms with Crippen molar-refractivity contribution < 1.29 is 4.79 Å². The van der Waals surface area contributed by atoms with Gasteiger partial charge in [-0.3, -0.25) is 4.79 Å². The molecule has 0 unspecified atom stereocenters. The van der Waals surface area contributed by atoms with Gasteiger partial charge in [-0.15, -0.1) is 6.58 Å². The Morgan fingerprint density at radius 1 is 1.64 bits per heavy atom. The molecular formula is C10H16O. The van der Waals surface area contributed by atoms with Crippen molar-refractivity contribution in [1.82, 2.24) is 0 Å². The van der Waals surface area contributed by atoms with Gasteiger partial charge in [0.05, 0.1) is 0 Å². The van der Waals surface area contributed by atoms with E-state index in [4.69, 9.17) is 0 Å². The summed E-state index contributed by atoms with van der Waals surface area (Å²) >= 11 is 0. The molecule has 0 amide bonds. The SMILES string of the molecule is C=C[C@H](C)CCC=C(C)C=O. The highest BCUT2D eigenvalue weighted by Gasteiger charge is 1.93. The standard InChI is InChI=1S/C10H16O/c1-4-9(2)6-5-7-10(3)8-11/h4,7-9H,1,5-6H2,2-3H3/t9-/m0/s1. The first-order chi connectivity index (χ1) is 5.20. The van der Waals surface area contributed by atoms with E-state index >= 15 is 0 Å². The summed E-state index contributed by atoms with van der Waals surface area (Å²) in [7, 11) is 0. The average Bonchev–Trinajstić information content (AvgIpc) is 2.04. The Kier molecular flexibility index (Phi) is 5.44. The zero-order valence-electron chi connectivity index (χ0n) is 7.34. The molecule has 0 spiro atoms. The number of carbonyl (C=O) groups excluding carboxylic acids is 1. The highest BCUT2D eigenvalue weighted by Crippen LogP contribution is 2.07. The van der Waals surface area contributed by atoms with Gasteiger partial charge in [0, 0.05) is 0 Å². The third-order valence-electron chi connectivity index (χ3n) is 1.68. The molecule has 11 heavy (non-hydrogen) atoms. The predicted octanol–water partition coefficient (Wildman–Crippen LogP) is 2.73. The normalized spacial score (nSPS) is 14.2.